The van der Waals surface area contributed by atoms with Crippen molar-refractivity contribution in [2.45, 2.75) is 106 Å². The second-order valence-electron chi connectivity index (χ2n) is 17.0. The fraction of sp³-hybridized carbons (Fsp3) is 0.700. The van der Waals surface area contributed by atoms with Gasteiger partial charge in [-0.3, -0.25) is 9.59 Å². The van der Waals surface area contributed by atoms with E-state index in [4.69, 9.17) is 4.74 Å². The van der Waals surface area contributed by atoms with Crippen LogP contribution in [0.5, 0.6) is 0 Å². The van der Waals surface area contributed by atoms with Crippen LogP contribution >= 0.6 is 0 Å². The molecular formula is C40H56O4. The number of ether oxygens (including phenoxy) is 1. The zero-order valence-corrected chi connectivity index (χ0v) is 28.5. The largest absolute Gasteiger partial charge is 0.481 e. The Morgan fingerprint density at radius 3 is 2.30 bits per heavy atom. The van der Waals surface area contributed by atoms with E-state index in [0.29, 0.717) is 23.7 Å². The standard InChI is InChI=1S/C40H56O4/c1-25-18-21-40(35(42)43)23-22-38(6)28(33(40)26(25)2)15-17-32-37(5)24-30(44-8)34(29(41)16-14-27-12-10-9-11-13-27)36(3,4)31(37)19-20-39(32,38)7/h9-16,25-26,30-34H,17-24H2,1-8H3,(H,42,43)/t25-,26+,30+,31?,32-,33+,34-,37+,38-,39-,40+/m1/s1. The number of carboxylic acid groups (broad SMARTS) is 1. The van der Waals surface area contributed by atoms with Gasteiger partial charge in [-0.15, -0.1) is 0 Å². The fourth-order valence-corrected chi connectivity index (χ4v) is 12.6. The molecule has 5 aliphatic carbocycles. The number of benzene rings is 1. The van der Waals surface area contributed by atoms with Crippen LogP contribution in [0.25, 0.3) is 6.08 Å². The molecule has 0 saturated heterocycles. The van der Waals surface area contributed by atoms with Gasteiger partial charge in [-0.05, 0) is 114 Å². The lowest BCUT2D eigenvalue weighted by atomic mass is 9.32. The maximum atomic E-state index is 14.0. The number of allylic oxidation sites excluding steroid dienone is 3. The summed E-state index contributed by atoms with van der Waals surface area (Å²) in [5.41, 5.74) is 1.77. The predicted molar refractivity (Wildman–Crippen MR) is 177 cm³/mol. The SMILES string of the molecule is CO[C@H]1C[C@@]2(C)C(CC[C@]3(C)[C@@H]2CC=C2[C@@H]4[C@@H](C)[C@H](C)CC[C@]4(C(=O)O)CC[C@]23C)C(C)(C)[C@@H]1C(=O)C=Cc1ccccc1. The molecule has 0 amide bonds. The number of ketones is 1. The van der Waals surface area contributed by atoms with Crippen LogP contribution in [0.15, 0.2) is 48.1 Å². The molecule has 4 nitrogen and oxygen atoms in total. The number of methoxy groups -OCH3 is 1. The third-order valence-electron chi connectivity index (χ3n) is 15.2. The number of carbonyl (C=O) groups is 2. The minimum atomic E-state index is -0.615. The Morgan fingerprint density at radius 1 is 0.932 bits per heavy atom. The van der Waals surface area contributed by atoms with Crippen LogP contribution in [0.4, 0.5) is 0 Å². The van der Waals surface area contributed by atoms with Gasteiger partial charge in [0.15, 0.2) is 5.78 Å². The molecule has 5 aliphatic rings. The zero-order chi connectivity index (χ0) is 31.9. The van der Waals surface area contributed by atoms with Gasteiger partial charge in [-0.2, -0.15) is 0 Å². The lowest BCUT2D eigenvalue weighted by molar-refractivity contribution is -0.219. The Balaban J connectivity index is 1.37. The molecule has 4 heteroatoms. The van der Waals surface area contributed by atoms with Gasteiger partial charge < -0.3 is 9.84 Å². The van der Waals surface area contributed by atoms with E-state index < -0.39 is 11.4 Å². The van der Waals surface area contributed by atoms with E-state index in [-0.39, 0.29) is 45.4 Å². The molecule has 0 bridgehead atoms. The summed E-state index contributed by atoms with van der Waals surface area (Å²) < 4.78 is 6.27. The first-order chi connectivity index (χ1) is 20.7. The molecule has 1 aromatic rings. The molecule has 4 saturated carbocycles. The van der Waals surface area contributed by atoms with Crippen molar-refractivity contribution >= 4 is 17.8 Å². The molecule has 4 fully saturated rings. The van der Waals surface area contributed by atoms with Gasteiger partial charge in [0, 0.05) is 7.11 Å². The monoisotopic (exact) mass is 600 g/mol. The van der Waals surface area contributed by atoms with Crippen LogP contribution in [0.2, 0.25) is 0 Å². The summed E-state index contributed by atoms with van der Waals surface area (Å²) in [6, 6.07) is 10.1. The molecule has 0 spiro atoms. The van der Waals surface area contributed by atoms with Gasteiger partial charge >= 0.3 is 5.97 Å². The average molecular weight is 601 g/mol. The van der Waals surface area contributed by atoms with Crippen LogP contribution in [0.3, 0.4) is 0 Å². The fourth-order valence-electron chi connectivity index (χ4n) is 12.6. The Hall–Kier alpha value is -2.20. The van der Waals surface area contributed by atoms with Crippen LogP contribution in [-0.2, 0) is 14.3 Å². The number of carbonyl (C=O) groups excluding carboxylic acids is 1. The molecule has 11 atom stereocenters. The van der Waals surface area contributed by atoms with E-state index in [1.54, 1.807) is 13.2 Å². The number of fused-ring (bicyclic) bond motifs is 7. The molecule has 1 unspecified atom stereocenters. The highest BCUT2D eigenvalue weighted by Crippen LogP contribution is 2.76. The summed E-state index contributed by atoms with van der Waals surface area (Å²) in [5, 5.41) is 10.7. The first-order valence-corrected chi connectivity index (χ1v) is 17.4. The molecule has 44 heavy (non-hydrogen) atoms. The normalized spacial score (nSPS) is 46.2. The maximum Gasteiger partial charge on any atom is 0.310 e. The molecule has 6 rings (SSSR count). The third-order valence-corrected chi connectivity index (χ3v) is 15.2. The van der Waals surface area contributed by atoms with Gasteiger partial charge in [0.05, 0.1) is 17.4 Å². The van der Waals surface area contributed by atoms with Gasteiger partial charge in [-0.25, -0.2) is 0 Å². The second kappa shape index (κ2) is 10.7. The molecule has 0 radical (unpaired) electrons. The number of hydrogen-bond donors (Lipinski definition) is 1. The van der Waals surface area contributed by atoms with Gasteiger partial charge in [0.25, 0.3) is 0 Å². The average Bonchev–Trinajstić information content (AvgIpc) is 2.97. The van der Waals surface area contributed by atoms with Gasteiger partial charge in [-0.1, -0.05) is 96.5 Å². The molecule has 0 aliphatic heterocycles. The Morgan fingerprint density at radius 2 is 1.64 bits per heavy atom. The van der Waals surface area contributed by atoms with Crippen LogP contribution in [-0.4, -0.2) is 30.1 Å². The van der Waals surface area contributed by atoms with Crippen molar-refractivity contribution in [3.8, 4) is 0 Å². The number of carboxylic acids is 1. The Labute approximate surface area is 266 Å². The lowest BCUT2D eigenvalue weighted by Gasteiger charge is -2.72. The minimum Gasteiger partial charge on any atom is -0.481 e. The minimum absolute atomic E-state index is 0.0172. The highest BCUT2D eigenvalue weighted by Gasteiger charge is 2.70. The molecule has 1 aromatic carbocycles. The summed E-state index contributed by atoms with van der Waals surface area (Å²) in [5.74, 6) is 1.34. The van der Waals surface area contributed by atoms with E-state index in [9.17, 15) is 14.7 Å². The van der Waals surface area contributed by atoms with E-state index in [1.165, 1.54) is 5.57 Å². The topological polar surface area (TPSA) is 63.6 Å². The van der Waals surface area contributed by atoms with Crippen molar-refractivity contribution in [2.75, 3.05) is 7.11 Å². The maximum absolute atomic E-state index is 14.0. The Bertz CT molecular complexity index is 1360. The number of aliphatic carboxylic acids is 1. The van der Waals surface area contributed by atoms with Crippen molar-refractivity contribution < 1.29 is 19.4 Å². The van der Waals surface area contributed by atoms with Gasteiger partial charge in [0.2, 0.25) is 0 Å². The van der Waals surface area contributed by atoms with Gasteiger partial charge in [0.1, 0.15) is 0 Å². The zero-order valence-electron chi connectivity index (χ0n) is 28.5. The van der Waals surface area contributed by atoms with Crippen LogP contribution in [0, 0.1) is 62.6 Å². The van der Waals surface area contributed by atoms with Crippen LogP contribution < -0.4 is 0 Å². The smallest absolute Gasteiger partial charge is 0.310 e. The van der Waals surface area contributed by atoms with Crippen molar-refractivity contribution in [3.63, 3.8) is 0 Å². The van der Waals surface area contributed by atoms with E-state index in [1.807, 2.05) is 36.4 Å². The third kappa shape index (κ3) is 4.25. The summed E-state index contributed by atoms with van der Waals surface area (Å²) in [7, 11) is 1.80. The molecular weight excluding hydrogens is 544 g/mol. The molecule has 240 valence electrons. The molecule has 0 aromatic heterocycles. The van der Waals surface area contributed by atoms with E-state index >= 15 is 0 Å². The number of rotatable bonds is 5. The van der Waals surface area contributed by atoms with Crippen molar-refractivity contribution in [1.29, 1.82) is 0 Å². The Kier molecular flexibility index (Phi) is 7.71. The van der Waals surface area contributed by atoms with Crippen molar-refractivity contribution in [2.24, 2.45) is 62.6 Å². The summed E-state index contributed by atoms with van der Waals surface area (Å²) in [4.78, 5) is 27.0. The quantitative estimate of drug-likeness (QED) is 0.270. The van der Waals surface area contributed by atoms with Crippen LogP contribution in [0.1, 0.15) is 105 Å². The first kappa shape index (κ1) is 31.8. The van der Waals surface area contributed by atoms with E-state index in [0.717, 1.165) is 56.9 Å². The predicted octanol–water partition coefficient (Wildman–Crippen LogP) is 9.25. The molecule has 0 heterocycles. The second-order valence-corrected chi connectivity index (χ2v) is 17.0. The lowest BCUT2D eigenvalue weighted by Crippen LogP contribution is -2.67. The molecule has 1 N–H and O–H groups in total. The first-order valence-electron chi connectivity index (χ1n) is 17.4. The van der Waals surface area contributed by atoms with Crippen molar-refractivity contribution in [3.05, 3.63) is 53.6 Å². The van der Waals surface area contributed by atoms with E-state index in [2.05, 4.69) is 54.5 Å². The summed E-state index contributed by atoms with van der Waals surface area (Å²) in [6.45, 7) is 16.9. The van der Waals surface area contributed by atoms with Crippen molar-refractivity contribution in [1.82, 2.24) is 0 Å². The highest BCUT2D eigenvalue weighted by molar-refractivity contribution is 5.96. The summed E-state index contributed by atoms with van der Waals surface area (Å²) >= 11 is 0. The number of hydrogen-bond acceptors (Lipinski definition) is 3. The highest BCUT2D eigenvalue weighted by atomic mass is 16.5. The summed E-state index contributed by atoms with van der Waals surface area (Å²) in [6.07, 6.45) is 13.9.